The Hall–Kier alpha value is -2.33. The van der Waals surface area contributed by atoms with Crippen LogP contribution in [0.2, 0.25) is 0 Å². The first-order valence-electron chi connectivity index (χ1n) is 10.0. The number of amides is 1. The van der Waals surface area contributed by atoms with Gasteiger partial charge in [-0.05, 0) is 50.6 Å². The topological polar surface area (TPSA) is 41.6 Å². The lowest BCUT2D eigenvalue weighted by Gasteiger charge is -2.31. The highest BCUT2D eigenvalue weighted by atomic mass is 16.5. The molecule has 0 radical (unpaired) electrons. The molecule has 2 aromatic carbocycles. The molecule has 4 heteroatoms. The number of benzene rings is 2. The van der Waals surface area contributed by atoms with Crippen molar-refractivity contribution in [3.63, 3.8) is 0 Å². The molecule has 0 atom stereocenters. The van der Waals surface area contributed by atoms with Crippen LogP contribution in [0.5, 0.6) is 5.75 Å². The Morgan fingerprint density at radius 3 is 2.56 bits per heavy atom. The third kappa shape index (κ3) is 5.10. The lowest BCUT2D eigenvalue weighted by molar-refractivity contribution is 0.102. The predicted molar refractivity (Wildman–Crippen MR) is 110 cm³/mol. The van der Waals surface area contributed by atoms with Gasteiger partial charge >= 0.3 is 0 Å². The first kappa shape index (κ1) is 19.4. The summed E-state index contributed by atoms with van der Waals surface area (Å²) in [4.78, 5) is 15.3. The maximum atomic E-state index is 12.8. The van der Waals surface area contributed by atoms with Gasteiger partial charge in [0.1, 0.15) is 5.75 Å². The van der Waals surface area contributed by atoms with E-state index in [1.54, 1.807) is 6.07 Å². The van der Waals surface area contributed by atoms with E-state index in [4.69, 9.17) is 4.74 Å². The SMILES string of the molecule is CCOc1ccccc1C(=O)Nc1ccccc1CN(C)C1CCCCC1. The fourth-order valence-electron chi connectivity index (χ4n) is 3.82. The molecule has 0 aromatic heterocycles. The van der Waals surface area contributed by atoms with E-state index < -0.39 is 0 Å². The number of nitrogens with one attached hydrogen (secondary N) is 1. The highest BCUT2D eigenvalue weighted by Crippen LogP contribution is 2.26. The molecule has 27 heavy (non-hydrogen) atoms. The molecule has 1 fully saturated rings. The van der Waals surface area contributed by atoms with Crippen molar-refractivity contribution < 1.29 is 9.53 Å². The number of carbonyl (C=O) groups is 1. The molecule has 3 rings (SSSR count). The molecule has 1 N–H and O–H groups in total. The fourth-order valence-corrected chi connectivity index (χ4v) is 3.82. The number of hydrogen-bond donors (Lipinski definition) is 1. The Morgan fingerprint density at radius 1 is 1.07 bits per heavy atom. The molecule has 1 aliphatic carbocycles. The van der Waals surface area contributed by atoms with E-state index >= 15 is 0 Å². The van der Waals surface area contributed by atoms with Crippen LogP contribution in [0.25, 0.3) is 0 Å². The Kier molecular flexibility index (Phi) is 6.88. The molecule has 0 saturated heterocycles. The van der Waals surface area contributed by atoms with Crippen LogP contribution in [0.4, 0.5) is 5.69 Å². The Morgan fingerprint density at radius 2 is 1.78 bits per heavy atom. The summed E-state index contributed by atoms with van der Waals surface area (Å²) in [5.74, 6) is 0.487. The van der Waals surface area contributed by atoms with Crippen molar-refractivity contribution in [1.82, 2.24) is 4.90 Å². The molecule has 144 valence electrons. The van der Waals surface area contributed by atoms with Gasteiger partial charge in [0.05, 0.1) is 12.2 Å². The molecule has 4 nitrogen and oxygen atoms in total. The van der Waals surface area contributed by atoms with Crippen LogP contribution in [0, 0.1) is 0 Å². The third-order valence-corrected chi connectivity index (χ3v) is 5.31. The average molecular weight is 367 g/mol. The number of carbonyl (C=O) groups excluding carboxylic acids is 1. The second-order valence-electron chi connectivity index (χ2n) is 7.25. The number of ether oxygens (including phenoxy) is 1. The van der Waals surface area contributed by atoms with E-state index in [-0.39, 0.29) is 5.91 Å². The van der Waals surface area contributed by atoms with Gasteiger partial charge in [0, 0.05) is 18.3 Å². The zero-order valence-electron chi connectivity index (χ0n) is 16.4. The van der Waals surface area contributed by atoms with Crippen molar-refractivity contribution in [2.45, 2.75) is 51.6 Å². The standard InChI is InChI=1S/C23H30N2O2/c1-3-27-22-16-10-8-14-20(22)23(26)24-21-15-9-7-11-18(21)17-25(2)19-12-5-4-6-13-19/h7-11,14-16,19H,3-6,12-13,17H2,1-2H3,(H,24,26). The number of anilines is 1. The second kappa shape index (κ2) is 9.56. The van der Waals surface area contributed by atoms with Gasteiger partial charge in [0.15, 0.2) is 0 Å². The molecular weight excluding hydrogens is 336 g/mol. The molecule has 0 bridgehead atoms. The zero-order valence-corrected chi connectivity index (χ0v) is 16.4. The number of hydrogen-bond acceptors (Lipinski definition) is 3. The van der Waals surface area contributed by atoms with Crippen molar-refractivity contribution in [2.75, 3.05) is 19.0 Å². The Bertz CT molecular complexity index is 754. The normalized spacial score (nSPS) is 14.9. The highest BCUT2D eigenvalue weighted by molar-refractivity contribution is 6.06. The number of nitrogens with zero attached hydrogens (tertiary/aromatic N) is 1. The minimum absolute atomic E-state index is 0.133. The predicted octanol–water partition coefficient (Wildman–Crippen LogP) is 5.10. The molecule has 1 amide bonds. The van der Waals surface area contributed by atoms with E-state index in [1.165, 1.54) is 32.1 Å². The molecule has 0 spiro atoms. The van der Waals surface area contributed by atoms with Crippen LogP contribution < -0.4 is 10.1 Å². The van der Waals surface area contributed by atoms with Crippen molar-refractivity contribution in [3.8, 4) is 5.75 Å². The lowest BCUT2D eigenvalue weighted by Crippen LogP contribution is -2.33. The second-order valence-corrected chi connectivity index (χ2v) is 7.25. The van der Waals surface area contributed by atoms with Gasteiger partial charge in [-0.2, -0.15) is 0 Å². The van der Waals surface area contributed by atoms with Crippen molar-refractivity contribution in [3.05, 3.63) is 59.7 Å². The first-order chi connectivity index (χ1) is 13.2. The molecule has 0 heterocycles. The quantitative estimate of drug-likeness (QED) is 0.741. The molecule has 1 saturated carbocycles. The minimum atomic E-state index is -0.133. The molecule has 0 aliphatic heterocycles. The summed E-state index contributed by atoms with van der Waals surface area (Å²) in [6.45, 7) is 3.30. The molecule has 1 aliphatic rings. The van der Waals surface area contributed by atoms with Gasteiger partial charge in [-0.15, -0.1) is 0 Å². The lowest BCUT2D eigenvalue weighted by atomic mass is 9.94. The van der Waals surface area contributed by atoms with Gasteiger partial charge in [0.25, 0.3) is 5.91 Å². The molecule has 2 aromatic rings. The highest BCUT2D eigenvalue weighted by Gasteiger charge is 2.19. The maximum absolute atomic E-state index is 12.8. The van der Waals surface area contributed by atoms with Gasteiger partial charge in [-0.1, -0.05) is 49.6 Å². The summed E-state index contributed by atoms with van der Waals surface area (Å²) >= 11 is 0. The van der Waals surface area contributed by atoms with Gasteiger partial charge in [0.2, 0.25) is 0 Å². The van der Waals surface area contributed by atoms with Crippen LogP contribution in [-0.4, -0.2) is 30.5 Å². The summed E-state index contributed by atoms with van der Waals surface area (Å²) < 4.78 is 5.60. The largest absolute Gasteiger partial charge is 0.493 e. The van der Waals surface area contributed by atoms with Crippen LogP contribution >= 0.6 is 0 Å². The van der Waals surface area contributed by atoms with E-state index in [1.807, 2.05) is 43.3 Å². The van der Waals surface area contributed by atoms with Crippen molar-refractivity contribution in [2.24, 2.45) is 0 Å². The van der Waals surface area contributed by atoms with Crippen molar-refractivity contribution >= 4 is 11.6 Å². The van der Waals surface area contributed by atoms with Gasteiger partial charge in [-0.3, -0.25) is 9.69 Å². The zero-order chi connectivity index (χ0) is 19.1. The Labute approximate surface area is 162 Å². The average Bonchev–Trinajstić information content (AvgIpc) is 2.70. The van der Waals surface area contributed by atoms with Crippen LogP contribution in [0.3, 0.4) is 0 Å². The van der Waals surface area contributed by atoms with E-state index in [0.717, 1.165) is 17.8 Å². The fraction of sp³-hybridized carbons (Fsp3) is 0.435. The van der Waals surface area contributed by atoms with E-state index in [0.29, 0.717) is 24.0 Å². The van der Waals surface area contributed by atoms with E-state index in [2.05, 4.69) is 23.3 Å². The number of para-hydroxylation sites is 2. The first-order valence-corrected chi connectivity index (χ1v) is 10.0. The van der Waals surface area contributed by atoms with Crippen LogP contribution in [0.1, 0.15) is 54.9 Å². The van der Waals surface area contributed by atoms with Crippen molar-refractivity contribution in [1.29, 1.82) is 0 Å². The summed E-state index contributed by atoms with van der Waals surface area (Å²) in [6.07, 6.45) is 6.54. The number of rotatable bonds is 7. The van der Waals surface area contributed by atoms with E-state index in [9.17, 15) is 4.79 Å². The summed E-state index contributed by atoms with van der Waals surface area (Å²) in [7, 11) is 2.19. The van der Waals surface area contributed by atoms with Crippen LogP contribution in [-0.2, 0) is 6.54 Å². The Balaban J connectivity index is 1.73. The maximum Gasteiger partial charge on any atom is 0.259 e. The van der Waals surface area contributed by atoms with Gasteiger partial charge in [-0.25, -0.2) is 0 Å². The monoisotopic (exact) mass is 366 g/mol. The molecule has 0 unspecified atom stereocenters. The molecular formula is C23H30N2O2. The van der Waals surface area contributed by atoms with Gasteiger partial charge < -0.3 is 10.1 Å². The summed E-state index contributed by atoms with van der Waals surface area (Å²) in [6, 6.07) is 16.1. The van der Waals surface area contributed by atoms with Crippen LogP contribution in [0.15, 0.2) is 48.5 Å². The minimum Gasteiger partial charge on any atom is -0.493 e. The smallest absolute Gasteiger partial charge is 0.259 e. The summed E-state index contributed by atoms with van der Waals surface area (Å²) in [5.41, 5.74) is 2.58. The third-order valence-electron chi connectivity index (χ3n) is 5.31. The summed E-state index contributed by atoms with van der Waals surface area (Å²) in [5, 5.41) is 3.09.